The van der Waals surface area contributed by atoms with Crippen molar-refractivity contribution in [1.29, 1.82) is 0 Å². The molecule has 0 radical (unpaired) electrons. The fourth-order valence-corrected chi connectivity index (χ4v) is 3.97. The molecule has 1 saturated heterocycles. The van der Waals surface area contributed by atoms with Crippen molar-refractivity contribution in [3.8, 4) is 0 Å². The molecule has 0 spiro atoms. The van der Waals surface area contributed by atoms with Crippen LogP contribution in [-0.2, 0) is 0 Å². The van der Waals surface area contributed by atoms with Crippen molar-refractivity contribution in [2.45, 2.75) is 38.5 Å². The van der Waals surface area contributed by atoms with Crippen molar-refractivity contribution < 1.29 is 4.39 Å². The highest BCUT2D eigenvalue weighted by Crippen LogP contribution is 2.36. The van der Waals surface area contributed by atoms with E-state index in [0.29, 0.717) is 0 Å². The molecule has 1 aromatic rings. The lowest BCUT2D eigenvalue weighted by molar-refractivity contribution is 0.536. The molecule has 0 bridgehead atoms. The predicted molar refractivity (Wildman–Crippen MR) is 87.2 cm³/mol. The number of hydrogen-bond donors (Lipinski definition) is 1. The van der Waals surface area contributed by atoms with Crippen LogP contribution < -0.4 is 10.2 Å². The maximum Gasteiger partial charge on any atom is 0.130 e. The average molecular weight is 296 g/mol. The van der Waals surface area contributed by atoms with Crippen LogP contribution in [0.1, 0.15) is 39.3 Å². The second-order valence-corrected chi connectivity index (χ2v) is 7.78. The second-order valence-electron chi connectivity index (χ2n) is 5.98. The number of hydrogen-bond acceptors (Lipinski definition) is 3. The van der Waals surface area contributed by atoms with Crippen LogP contribution in [0.2, 0.25) is 0 Å². The van der Waals surface area contributed by atoms with Gasteiger partial charge in [-0.1, -0.05) is 13.0 Å². The van der Waals surface area contributed by atoms with E-state index >= 15 is 0 Å². The highest BCUT2D eigenvalue weighted by Gasteiger charge is 2.29. The van der Waals surface area contributed by atoms with E-state index in [4.69, 9.17) is 0 Å². The van der Waals surface area contributed by atoms with Crippen molar-refractivity contribution in [2.24, 2.45) is 0 Å². The van der Waals surface area contributed by atoms with Gasteiger partial charge in [-0.2, -0.15) is 11.8 Å². The highest BCUT2D eigenvalue weighted by atomic mass is 32.2. The molecule has 1 atom stereocenters. The van der Waals surface area contributed by atoms with Crippen molar-refractivity contribution in [2.75, 3.05) is 30.3 Å². The Morgan fingerprint density at radius 2 is 2.20 bits per heavy atom. The molecule has 1 N–H and O–H groups in total. The van der Waals surface area contributed by atoms with Crippen molar-refractivity contribution in [3.63, 3.8) is 0 Å². The van der Waals surface area contributed by atoms with Crippen molar-refractivity contribution in [3.05, 3.63) is 29.6 Å². The van der Waals surface area contributed by atoms with E-state index in [9.17, 15) is 4.39 Å². The largest absolute Gasteiger partial charge is 0.369 e. The van der Waals surface area contributed by atoms with Crippen LogP contribution in [0.3, 0.4) is 0 Å². The zero-order valence-electron chi connectivity index (χ0n) is 12.9. The first kappa shape index (κ1) is 15.6. The third-order valence-electron chi connectivity index (χ3n) is 3.74. The minimum Gasteiger partial charge on any atom is -0.369 e. The zero-order chi connectivity index (χ0) is 14.8. The van der Waals surface area contributed by atoms with Gasteiger partial charge in [0.2, 0.25) is 0 Å². The average Bonchev–Trinajstić information content (AvgIpc) is 2.37. The van der Waals surface area contributed by atoms with Gasteiger partial charge in [-0.25, -0.2) is 4.39 Å². The van der Waals surface area contributed by atoms with Gasteiger partial charge < -0.3 is 10.2 Å². The summed E-state index contributed by atoms with van der Waals surface area (Å²) < 4.78 is 14.5. The van der Waals surface area contributed by atoms with Crippen molar-refractivity contribution >= 4 is 17.4 Å². The van der Waals surface area contributed by atoms with E-state index < -0.39 is 0 Å². The number of nitrogens with one attached hydrogen (secondary N) is 1. The molecule has 1 aliphatic heterocycles. The molecule has 4 heteroatoms. The Morgan fingerprint density at radius 3 is 2.85 bits per heavy atom. The van der Waals surface area contributed by atoms with Gasteiger partial charge in [0.05, 0.1) is 0 Å². The summed E-state index contributed by atoms with van der Waals surface area (Å²) in [7, 11) is 0. The van der Waals surface area contributed by atoms with Crippen LogP contribution in [0, 0.1) is 5.82 Å². The van der Waals surface area contributed by atoms with Crippen molar-refractivity contribution in [1.82, 2.24) is 5.32 Å². The molecular formula is C16H25FN2S. The Labute approximate surface area is 126 Å². The summed E-state index contributed by atoms with van der Waals surface area (Å²) in [6, 6.07) is 5.48. The van der Waals surface area contributed by atoms with Crippen LogP contribution >= 0.6 is 11.8 Å². The van der Waals surface area contributed by atoms with Crippen LogP contribution in [0.5, 0.6) is 0 Å². The second kappa shape index (κ2) is 6.35. The number of halogens is 1. The van der Waals surface area contributed by atoms with Gasteiger partial charge in [0.15, 0.2) is 0 Å². The fraction of sp³-hybridized carbons (Fsp3) is 0.625. The molecule has 2 nitrogen and oxygen atoms in total. The lowest BCUT2D eigenvalue weighted by Gasteiger charge is -2.40. The summed E-state index contributed by atoms with van der Waals surface area (Å²) in [5.41, 5.74) is 1.85. The van der Waals surface area contributed by atoms with Crippen LogP contribution in [0.4, 0.5) is 10.1 Å². The maximum atomic E-state index is 14.3. The Hall–Kier alpha value is -0.740. The standard InChI is InChI=1S/C16H25FN2S/c1-5-18-12(2)15-13(17)7-6-8-14(15)19-9-10-20-16(3,4)11-19/h6-8,12,18H,5,9-11H2,1-4H3. The normalized spacial score (nSPS) is 19.9. The highest BCUT2D eigenvalue weighted by molar-refractivity contribution is 8.00. The minimum atomic E-state index is -0.105. The first-order valence-corrected chi connectivity index (χ1v) is 8.34. The summed E-state index contributed by atoms with van der Waals surface area (Å²) in [4.78, 5) is 2.34. The topological polar surface area (TPSA) is 15.3 Å². The molecule has 1 fully saturated rings. The molecule has 1 aliphatic rings. The van der Waals surface area contributed by atoms with Gasteiger partial charge in [-0.05, 0) is 39.4 Å². The molecule has 1 unspecified atom stereocenters. The van der Waals surface area contributed by atoms with E-state index in [1.165, 1.54) is 0 Å². The number of rotatable bonds is 4. The monoisotopic (exact) mass is 296 g/mol. The molecule has 2 rings (SSSR count). The van der Waals surface area contributed by atoms with Crippen LogP contribution in [0.25, 0.3) is 0 Å². The van der Waals surface area contributed by atoms with E-state index in [2.05, 4.69) is 37.1 Å². The summed E-state index contributed by atoms with van der Waals surface area (Å²) in [6.07, 6.45) is 0. The molecule has 1 aromatic carbocycles. The number of anilines is 1. The van der Waals surface area contributed by atoms with Crippen LogP contribution in [-0.4, -0.2) is 30.1 Å². The lowest BCUT2D eigenvalue weighted by atomic mass is 10.0. The molecule has 0 amide bonds. The molecule has 112 valence electrons. The van der Waals surface area contributed by atoms with E-state index in [1.54, 1.807) is 6.07 Å². The van der Waals surface area contributed by atoms with E-state index in [0.717, 1.165) is 36.6 Å². The fourth-order valence-electron chi connectivity index (χ4n) is 2.86. The number of nitrogens with zero attached hydrogens (tertiary/aromatic N) is 1. The van der Waals surface area contributed by atoms with Gasteiger partial charge >= 0.3 is 0 Å². The maximum absolute atomic E-state index is 14.3. The number of benzene rings is 1. The third-order valence-corrected chi connectivity index (χ3v) is 5.04. The molecule has 0 aromatic heterocycles. The minimum absolute atomic E-state index is 0.0360. The first-order valence-electron chi connectivity index (χ1n) is 7.35. The van der Waals surface area contributed by atoms with Gasteiger partial charge in [-0.15, -0.1) is 0 Å². The molecular weight excluding hydrogens is 271 g/mol. The van der Waals surface area contributed by atoms with E-state index in [-0.39, 0.29) is 16.6 Å². The van der Waals surface area contributed by atoms with Crippen LogP contribution in [0.15, 0.2) is 18.2 Å². The molecule has 1 heterocycles. The number of thioether (sulfide) groups is 1. The van der Waals surface area contributed by atoms with Gasteiger partial charge in [0.25, 0.3) is 0 Å². The lowest BCUT2D eigenvalue weighted by Crippen LogP contribution is -2.44. The Bertz CT molecular complexity index is 462. The summed E-state index contributed by atoms with van der Waals surface area (Å²) >= 11 is 2.00. The molecule has 20 heavy (non-hydrogen) atoms. The summed E-state index contributed by atoms with van der Waals surface area (Å²) in [5.74, 6) is 0.991. The zero-order valence-corrected chi connectivity index (χ0v) is 13.7. The van der Waals surface area contributed by atoms with E-state index in [1.807, 2.05) is 24.8 Å². The Kier molecular flexibility index (Phi) is 4.97. The third kappa shape index (κ3) is 3.47. The SMILES string of the molecule is CCNC(C)c1c(F)cccc1N1CCSC(C)(C)C1. The Balaban J connectivity index is 2.33. The van der Waals surface area contributed by atoms with Gasteiger partial charge in [0.1, 0.15) is 5.82 Å². The predicted octanol–water partition coefficient (Wildman–Crippen LogP) is 3.83. The summed E-state index contributed by atoms with van der Waals surface area (Å²) in [6.45, 7) is 11.4. The smallest absolute Gasteiger partial charge is 0.130 e. The first-order chi connectivity index (χ1) is 9.44. The Morgan fingerprint density at radius 1 is 1.45 bits per heavy atom. The quantitative estimate of drug-likeness (QED) is 0.909. The molecule has 0 aliphatic carbocycles. The van der Waals surface area contributed by atoms with Gasteiger partial charge in [0, 0.05) is 40.9 Å². The summed E-state index contributed by atoms with van der Waals surface area (Å²) in [5, 5.41) is 3.33. The van der Waals surface area contributed by atoms with Gasteiger partial charge in [-0.3, -0.25) is 0 Å². The molecule has 0 saturated carbocycles.